The van der Waals surface area contributed by atoms with Crippen molar-refractivity contribution in [2.75, 3.05) is 33.4 Å². The highest BCUT2D eigenvalue weighted by molar-refractivity contribution is 7.85. The first-order valence-electron chi connectivity index (χ1n) is 9.48. The maximum absolute atomic E-state index is 12.6. The fourth-order valence-electron chi connectivity index (χ4n) is 2.93. The van der Waals surface area contributed by atoms with E-state index in [0.717, 1.165) is 0 Å². The van der Waals surface area contributed by atoms with Crippen molar-refractivity contribution in [2.45, 2.75) is 6.92 Å². The summed E-state index contributed by atoms with van der Waals surface area (Å²) in [5.74, 6) is -0.827. The second kappa shape index (κ2) is 9.94. The molecule has 0 bridgehead atoms. The molecule has 12 nitrogen and oxygen atoms in total. The number of aromatic nitrogens is 2. The van der Waals surface area contributed by atoms with E-state index in [2.05, 4.69) is 15.3 Å². The second-order valence-electron chi connectivity index (χ2n) is 7.43. The Bertz CT molecular complexity index is 1490. The van der Waals surface area contributed by atoms with E-state index in [4.69, 9.17) is 4.55 Å². The molecule has 0 unspecified atom stereocenters. The van der Waals surface area contributed by atoms with Crippen molar-refractivity contribution in [1.29, 1.82) is 0 Å². The molecule has 3 aromatic rings. The quantitative estimate of drug-likeness (QED) is 0.235. The molecule has 1 heterocycles. The Morgan fingerprint density at radius 1 is 1.21 bits per heavy atom. The number of H-pyrrole nitrogens is 1. The van der Waals surface area contributed by atoms with Gasteiger partial charge in [-0.3, -0.25) is 18.9 Å². The number of likely N-dealkylation sites (N-methyl/N-ethyl adjacent to an activating group) is 1. The van der Waals surface area contributed by atoms with Crippen molar-refractivity contribution in [3.8, 4) is 5.75 Å². The lowest BCUT2D eigenvalue weighted by Crippen LogP contribution is -2.32. The van der Waals surface area contributed by atoms with Crippen LogP contribution in [0.15, 0.2) is 21.7 Å². The number of hydrogen-bond acceptors (Lipinski definition) is 9. The fraction of sp³-hybridized carbons (Fsp3) is 0.300. The minimum absolute atomic E-state index is 0.0143. The Morgan fingerprint density at radius 3 is 2.36 bits per heavy atom. The van der Waals surface area contributed by atoms with Crippen LogP contribution in [-0.2, 0) is 10.1 Å². The summed E-state index contributed by atoms with van der Waals surface area (Å²) in [5.41, 5.74) is -0.839. The Balaban J connectivity index is 0.000000696. The predicted molar refractivity (Wildman–Crippen MR) is 123 cm³/mol. The smallest absolute Gasteiger partial charge is 0.261 e. The molecule has 1 amide bonds. The zero-order valence-corrected chi connectivity index (χ0v) is 19.1. The Labute approximate surface area is 187 Å². The largest absolute Gasteiger partial charge is 0.515 e. The number of phenols is 1. The van der Waals surface area contributed by atoms with E-state index in [0.29, 0.717) is 25.6 Å². The van der Waals surface area contributed by atoms with Crippen molar-refractivity contribution in [3.63, 3.8) is 0 Å². The van der Waals surface area contributed by atoms with Crippen LogP contribution in [0.5, 0.6) is 5.75 Å². The maximum atomic E-state index is 12.6. The van der Waals surface area contributed by atoms with Gasteiger partial charge in [0.15, 0.2) is 0 Å². The fourth-order valence-corrected chi connectivity index (χ4v) is 2.93. The molecule has 0 spiro atoms. The highest BCUT2D eigenvalue weighted by Crippen LogP contribution is 2.17. The number of aromatic hydroxyl groups is 1. The molecule has 0 saturated heterocycles. The Kier molecular flexibility index (Phi) is 7.74. The Hall–Kier alpha value is -3.55. The van der Waals surface area contributed by atoms with Gasteiger partial charge >= 0.3 is 0 Å². The van der Waals surface area contributed by atoms with Crippen molar-refractivity contribution in [2.24, 2.45) is 0 Å². The number of rotatable bonds is 4. The van der Waals surface area contributed by atoms with E-state index in [9.17, 15) is 33.0 Å². The molecule has 0 aliphatic heterocycles. The van der Waals surface area contributed by atoms with Crippen molar-refractivity contribution < 1.29 is 28.0 Å². The van der Waals surface area contributed by atoms with Gasteiger partial charge in [-0.25, -0.2) is 4.98 Å². The predicted octanol–water partition coefficient (Wildman–Crippen LogP) is -0.739. The number of fused-ring (bicyclic) bond motifs is 2. The molecular weight excluding hydrogens is 456 g/mol. The highest BCUT2D eigenvalue weighted by atomic mass is 32.2. The van der Waals surface area contributed by atoms with Crippen LogP contribution < -0.4 is 21.4 Å². The lowest BCUT2D eigenvalue weighted by atomic mass is 10.1. The topological polar surface area (TPSA) is 190 Å². The summed E-state index contributed by atoms with van der Waals surface area (Å²) in [5, 5.41) is 22.3. The third-order valence-electron chi connectivity index (χ3n) is 4.50. The first-order chi connectivity index (χ1) is 15.3. The van der Waals surface area contributed by atoms with Gasteiger partial charge in [0.2, 0.25) is 10.9 Å². The first-order valence-corrected chi connectivity index (χ1v) is 11.3. The molecule has 5 N–H and O–H groups in total. The van der Waals surface area contributed by atoms with Crippen LogP contribution >= 0.6 is 0 Å². The molecule has 33 heavy (non-hydrogen) atoms. The third-order valence-corrected chi connectivity index (χ3v) is 4.50. The van der Waals surface area contributed by atoms with Gasteiger partial charge in [0.1, 0.15) is 22.3 Å². The number of hydrogen-bond donors (Lipinski definition) is 5. The summed E-state index contributed by atoms with van der Waals surface area (Å²) < 4.78 is 25.9. The standard InChI is InChI=1S/C19H20N4O5.CH4O3S/c1-9-17(26)11(8-24)14-16(18(9)27)22-13-10(4-5-12(25)15(13)21-14)19(28)20-6-7-23(2)3;1-5(2,3)4/h4-5,8,22,24,26H,6-7H2,1-3H3,(H,20,28);1H3,(H,2,3,4)/b11-8+;. The summed E-state index contributed by atoms with van der Waals surface area (Å²) in [7, 11) is 0.0851. The normalized spacial score (nSPS) is 12.1. The number of aliphatic hydroxyl groups is 1. The summed E-state index contributed by atoms with van der Waals surface area (Å²) in [6, 6.07) is 2.58. The van der Waals surface area contributed by atoms with Crippen molar-refractivity contribution >= 4 is 44.4 Å². The van der Waals surface area contributed by atoms with Crippen LogP contribution in [-0.4, -0.2) is 77.4 Å². The van der Waals surface area contributed by atoms with E-state index in [-0.39, 0.29) is 38.4 Å². The molecule has 0 saturated carbocycles. The second-order valence-corrected chi connectivity index (χ2v) is 8.90. The van der Waals surface area contributed by atoms with Crippen molar-refractivity contribution in [1.82, 2.24) is 20.2 Å². The molecule has 13 heteroatoms. The number of nitrogens with one attached hydrogen (secondary N) is 2. The molecule has 2 aromatic carbocycles. The minimum atomic E-state index is -3.67. The summed E-state index contributed by atoms with van der Waals surface area (Å²) in [6.45, 7) is 2.44. The van der Waals surface area contributed by atoms with Crippen LogP contribution in [0.4, 0.5) is 0 Å². The molecule has 0 fully saturated rings. The zero-order valence-electron chi connectivity index (χ0n) is 18.3. The van der Waals surface area contributed by atoms with Gasteiger partial charge in [0, 0.05) is 18.7 Å². The van der Waals surface area contributed by atoms with Crippen LogP contribution in [0.3, 0.4) is 0 Å². The van der Waals surface area contributed by atoms with E-state index in [1.807, 2.05) is 19.0 Å². The van der Waals surface area contributed by atoms with E-state index in [1.165, 1.54) is 19.1 Å². The Morgan fingerprint density at radius 2 is 1.82 bits per heavy atom. The van der Waals surface area contributed by atoms with Gasteiger partial charge in [-0.05, 0) is 33.2 Å². The minimum Gasteiger partial charge on any atom is -0.515 e. The van der Waals surface area contributed by atoms with Crippen LogP contribution in [0, 0.1) is 6.92 Å². The summed E-state index contributed by atoms with van der Waals surface area (Å²) in [4.78, 5) is 46.3. The molecule has 0 aliphatic carbocycles. The number of phenolic OH excluding ortho intramolecular Hbond substituents is 1. The SMILES string of the molecule is CS(=O)(=O)O.Cc1c(O)/c(=C/O)c2nc3c(=O)ccc(C(=O)NCCN(C)C)c3[nH]c2c1=O. The summed E-state index contributed by atoms with van der Waals surface area (Å²) >= 11 is 0. The number of carbonyl (C=O) groups is 1. The van der Waals surface area contributed by atoms with Gasteiger partial charge in [0.05, 0.1) is 28.8 Å². The molecule has 3 rings (SSSR count). The van der Waals surface area contributed by atoms with Gasteiger partial charge in [-0.15, -0.1) is 0 Å². The van der Waals surface area contributed by atoms with Crippen LogP contribution in [0.2, 0.25) is 0 Å². The average Bonchev–Trinajstić information content (AvgIpc) is 2.70. The highest BCUT2D eigenvalue weighted by Gasteiger charge is 2.18. The molecule has 1 aromatic heterocycles. The number of nitrogens with zero attached hydrogens (tertiary/aromatic N) is 2. The number of benzene rings is 2. The van der Waals surface area contributed by atoms with E-state index < -0.39 is 32.6 Å². The maximum Gasteiger partial charge on any atom is 0.261 e. The number of aromatic amines is 1. The molecule has 0 radical (unpaired) electrons. The zero-order chi connectivity index (χ0) is 25.1. The van der Waals surface area contributed by atoms with Crippen LogP contribution in [0.1, 0.15) is 15.9 Å². The van der Waals surface area contributed by atoms with Gasteiger partial charge in [-0.1, -0.05) is 0 Å². The molecule has 0 aliphatic rings. The van der Waals surface area contributed by atoms with Crippen LogP contribution in [0.25, 0.3) is 28.3 Å². The molecular formula is C20H24N4O8S. The summed E-state index contributed by atoms with van der Waals surface area (Å²) in [6.07, 6.45) is 1.34. The van der Waals surface area contributed by atoms with E-state index in [1.54, 1.807) is 0 Å². The average molecular weight is 480 g/mol. The van der Waals surface area contributed by atoms with Gasteiger partial charge < -0.3 is 25.4 Å². The molecule has 178 valence electrons. The number of aliphatic hydroxyl groups excluding tert-OH is 1. The van der Waals surface area contributed by atoms with E-state index >= 15 is 0 Å². The van der Waals surface area contributed by atoms with Gasteiger partial charge in [-0.2, -0.15) is 8.42 Å². The lowest BCUT2D eigenvalue weighted by molar-refractivity contribution is 0.0952. The molecule has 0 atom stereocenters. The lowest BCUT2D eigenvalue weighted by Gasteiger charge is -2.12. The third kappa shape index (κ3) is 6.03. The van der Waals surface area contributed by atoms with Crippen molar-refractivity contribution in [3.05, 3.63) is 48.9 Å². The number of carbonyl (C=O) groups excluding carboxylic acids is 1. The number of amides is 1. The first kappa shape index (κ1) is 25.7. The van der Waals surface area contributed by atoms with Gasteiger partial charge in [0.25, 0.3) is 16.0 Å². The monoisotopic (exact) mass is 480 g/mol.